The second-order valence-electron chi connectivity index (χ2n) is 4.06. The normalized spacial score (nSPS) is 10.5. The molecule has 1 heterocycles. The first-order valence-electron chi connectivity index (χ1n) is 5.60. The summed E-state index contributed by atoms with van der Waals surface area (Å²) in [5.41, 5.74) is 3.28. The Bertz CT molecular complexity index is 870. The molecule has 19 heavy (non-hydrogen) atoms. The topological polar surface area (TPSA) is 44.5 Å². The summed E-state index contributed by atoms with van der Waals surface area (Å²) in [6, 6.07) is 15.5. The molecule has 0 aliphatic heterocycles. The molecule has 0 radical (unpaired) electrons. The highest BCUT2D eigenvalue weighted by molar-refractivity contribution is 9.10. The van der Waals surface area contributed by atoms with E-state index in [0.717, 1.165) is 21.2 Å². The van der Waals surface area contributed by atoms with Crippen LogP contribution in [0.1, 0.15) is 5.56 Å². The molecule has 0 unspecified atom stereocenters. The molecule has 0 spiro atoms. The number of aromatic nitrogens is 2. The molecule has 0 atom stereocenters. The number of H-pyrrole nitrogens is 1. The van der Waals surface area contributed by atoms with E-state index in [-0.39, 0.29) is 0 Å². The van der Waals surface area contributed by atoms with Crippen LogP contribution in [0.15, 0.2) is 46.9 Å². The zero-order chi connectivity index (χ0) is 13.4. The van der Waals surface area contributed by atoms with E-state index < -0.39 is 0 Å². The van der Waals surface area contributed by atoms with Crippen molar-refractivity contribution in [3.8, 4) is 11.8 Å². The van der Waals surface area contributed by atoms with Crippen molar-refractivity contribution in [3.05, 3.63) is 57.3 Å². The summed E-state index contributed by atoms with van der Waals surface area (Å²) >= 11 is 8.83. The highest BCUT2D eigenvalue weighted by Gasteiger charge is 2.10. The average molecular weight is 330 g/mol. The number of hydrogen-bond donors (Lipinski definition) is 1. The number of aromatic amines is 1. The lowest BCUT2D eigenvalue weighted by Gasteiger charge is -2.06. The van der Waals surface area contributed by atoms with Gasteiger partial charge in [-0.1, -0.05) is 28.1 Å². The number of halogens is 1. The van der Waals surface area contributed by atoms with Crippen LogP contribution in [0.4, 0.5) is 0 Å². The zero-order valence-electron chi connectivity index (χ0n) is 9.72. The fourth-order valence-corrected chi connectivity index (χ4v) is 2.73. The largest absolute Gasteiger partial charge is 0.330 e. The Balaban J connectivity index is 2.43. The summed E-state index contributed by atoms with van der Waals surface area (Å²) in [5, 5.41) is 9.22. The quantitative estimate of drug-likeness (QED) is 0.675. The molecule has 3 rings (SSSR count). The Morgan fingerprint density at radius 1 is 1.21 bits per heavy atom. The summed E-state index contributed by atoms with van der Waals surface area (Å²) in [5.74, 6) is 0. The molecular formula is C14H8BrN3S. The van der Waals surface area contributed by atoms with E-state index in [2.05, 4.69) is 27.0 Å². The highest BCUT2D eigenvalue weighted by Crippen LogP contribution is 2.24. The fraction of sp³-hybridized carbons (Fsp3) is 0. The number of nitriles is 1. The Hall–Kier alpha value is -1.90. The maximum Gasteiger partial charge on any atom is 0.182 e. The van der Waals surface area contributed by atoms with Gasteiger partial charge in [0.05, 0.1) is 22.3 Å². The molecule has 0 bridgehead atoms. The van der Waals surface area contributed by atoms with Crippen LogP contribution in [-0.2, 0) is 0 Å². The third kappa shape index (κ3) is 1.99. The molecule has 3 aromatic rings. The van der Waals surface area contributed by atoms with Gasteiger partial charge in [-0.25, -0.2) is 0 Å². The molecule has 0 aliphatic rings. The van der Waals surface area contributed by atoms with E-state index in [0.29, 0.717) is 10.3 Å². The van der Waals surface area contributed by atoms with Crippen LogP contribution in [0, 0.1) is 16.1 Å². The summed E-state index contributed by atoms with van der Waals surface area (Å²) < 4.78 is 3.43. The molecule has 2 aromatic carbocycles. The minimum absolute atomic E-state index is 0.579. The molecule has 1 aromatic heterocycles. The van der Waals surface area contributed by atoms with Gasteiger partial charge in [-0.15, -0.1) is 0 Å². The van der Waals surface area contributed by atoms with Gasteiger partial charge in [0.1, 0.15) is 6.07 Å². The molecule has 5 heteroatoms. The number of para-hydroxylation sites is 1. The summed E-state index contributed by atoms with van der Waals surface area (Å²) in [6.45, 7) is 0. The van der Waals surface area contributed by atoms with Gasteiger partial charge in [-0.2, -0.15) is 5.26 Å². The third-order valence-electron chi connectivity index (χ3n) is 2.91. The predicted molar refractivity (Wildman–Crippen MR) is 80.9 cm³/mol. The Kier molecular flexibility index (Phi) is 2.97. The molecule has 0 saturated heterocycles. The first-order chi connectivity index (χ1) is 9.20. The second kappa shape index (κ2) is 4.65. The molecule has 0 amide bonds. The fourth-order valence-electron chi connectivity index (χ4n) is 2.08. The maximum absolute atomic E-state index is 9.22. The summed E-state index contributed by atoms with van der Waals surface area (Å²) in [7, 11) is 0. The van der Waals surface area contributed by atoms with E-state index in [1.165, 1.54) is 0 Å². The highest BCUT2D eigenvalue weighted by atomic mass is 79.9. The van der Waals surface area contributed by atoms with Gasteiger partial charge in [0, 0.05) is 4.47 Å². The van der Waals surface area contributed by atoms with Crippen molar-refractivity contribution in [3.63, 3.8) is 0 Å². The van der Waals surface area contributed by atoms with Gasteiger partial charge in [-0.05, 0) is 42.5 Å². The van der Waals surface area contributed by atoms with Crippen molar-refractivity contribution in [2.75, 3.05) is 0 Å². The lowest BCUT2D eigenvalue weighted by Crippen LogP contribution is -1.97. The van der Waals surface area contributed by atoms with Crippen molar-refractivity contribution >= 4 is 39.2 Å². The molecule has 0 saturated carbocycles. The molecular weight excluding hydrogens is 322 g/mol. The van der Waals surface area contributed by atoms with Crippen molar-refractivity contribution in [2.45, 2.75) is 0 Å². The number of fused-ring (bicyclic) bond motifs is 1. The second-order valence-corrected chi connectivity index (χ2v) is 5.36. The van der Waals surface area contributed by atoms with Crippen molar-refractivity contribution in [1.29, 1.82) is 5.26 Å². The number of nitrogens with one attached hydrogen (secondary N) is 1. The van der Waals surface area contributed by atoms with Crippen LogP contribution in [-0.4, -0.2) is 9.55 Å². The first-order valence-corrected chi connectivity index (χ1v) is 6.80. The van der Waals surface area contributed by atoms with E-state index in [1.54, 1.807) is 6.07 Å². The van der Waals surface area contributed by atoms with Gasteiger partial charge in [-0.3, -0.25) is 4.57 Å². The van der Waals surface area contributed by atoms with E-state index >= 15 is 0 Å². The molecule has 3 nitrogen and oxygen atoms in total. The van der Waals surface area contributed by atoms with Gasteiger partial charge < -0.3 is 4.98 Å². The maximum atomic E-state index is 9.22. The van der Waals surface area contributed by atoms with Gasteiger partial charge >= 0.3 is 0 Å². The lowest BCUT2D eigenvalue weighted by atomic mass is 10.2. The average Bonchev–Trinajstić information content (AvgIpc) is 2.74. The van der Waals surface area contributed by atoms with Crippen LogP contribution < -0.4 is 0 Å². The number of imidazole rings is 1. The van der Waals surface area contributed by atoms with Gasteiger partial charge in [0.25, 0.3) is 0 Å². The number of benzene rings is 2. The van der Waals surface area contributed by atoms with E-state index in [4.69, 9.17) is 12.2 Å². The van der Waals surface area contributed by atoms with Crippen LogP contribution in [0.2, 0.25) is 0 Å². The molecule has 1 N–H and O–H groups in total. The monoisotopic (exact) mass is 329 g/mol. The number of nitrogens with zero attached hydrogens (tertiary/aromatic N) is 2. The minimum Gasteiger partial charge on any atom is -0.330 e. The lowest BCUT2D eigenvalue weighted by molar-refractivity contribution is 1.06. The van der Waals surface area contributed by atoms with E-state index in [9.17, 15) is 5.26 Å². The Morgan fingerprint density at radius 3 is 2.79 bits per heavy atom. The van der Waals surface area contributed by atoms with Crippen LogP contribution in [0.3, 0.4) is 0 Å². The standard InChI is InChI=1S/C14H8BrN3S/c15-10-5-6-11-13(7-10)18(14(19)17-11)12-4-2-1-3-9(12)8-16/h1-7H,(H,17,19). The van der Waals surface area contributed by atoms with Crippen LogP contribution in [0.5, 0.6) is 0 Å². The molecule has 0 fully saturated rings. The summed E-state index contributed by atoms with van der Waals surface area (Å²) in [6.07, 6.45) is 0. The molecule has 92 valence electrons. The molecule has 0 aliphatic carbocycles. The van der Waals surface area contributed by atoms with Gasteiger partial charge in [0.15, 0.2) is 4.77 Å². The van der Waals surface area contributed by atoms with Gasteiger partial charge in [0.2, 0.25) is 0 Å². The van der Waals surface area contributed by atoms with Crippen molar-refractivity contribution in [2.24, 2.45) is 0 Å². The zero-order valence-corrected chi connectivity index (χ0v) is 12.1. The third-order valence-corrected chi connectivity index (χ3v) is 3.69. The SMILES string of the molecule is N#Cc1ccccc1-n1c(=S)[nH]c2ccc(Br)cc21. The smallest absolute Gasteiger partial charge is 0.182 e. The van der Waals surface area contributed by atoms with Crippen molar-refractivity contribution in [1.82, 2.24) is 9.55 Å². The van der Waals surface area contributed by atoms with Crippen LogP contribution >= 0.6 is 28.1 Å². The summed E-state index contributed by atoms with van der Waals surface area (Å²) in [4.78, 5) is 3.15. The Labute approximate surface area is 123 Å². The Morgan fingerprint density at radius 2 is 2.00 bits per heavy atom. The minimum atomic E-state index is 0.579. The van der Waals surface area contributed by atoms with E-state index in [1.807, 2.05) is 41.0 Å². The van der Waals surface area contributed by atoms with Crippen molar-refractivity contribution < 1.29 is 0 Å². The number of rotatable bonds is 1. The number of hydrogen-bond acceptors (Lipinski definition) is 2. The predicted octanol–water partition coefficient (Wildman–Crippen LogP) is 4.32. The first kappa shape index (κ1) is 12.2. The van der Waals surface area contributed by atoms with Crippen LogP contribution in [0.25, 0.3) is 16.7 Å².